The van der Waals surface area contributed by atoms with Crippen molar-refractivity contribution in [1.82, 2.24) is 15.0 Å². The highest BCUT2D eigenvalue weighted by Crippen LogP contribution is 2.35. The molecule has 48 heavy (non-hydrogen) atoms. The van der Waals surface area contributed by atoms with Crippen LogP contribution in [0.4, 0.5) is 0 Å². The first kappa shape index (κ1) is 28.3. The lowest BCUT2D eigenvalue weighted by atomic mass is 9.97. The van der Waals surface area contributed by atoms with E-state index in [2.05, 4.69) is 134 Å². The molecule has 0 N–H and O–H groups in total. The zero-order valence-electron chi connectivity index (χ0n) is 26.7. The number of benzene rings is 6. The van der Waals surface area contributed by atoms with Crippen LogP contribution < -0.4 is 10.4 Å². The lowest BCUT2D eigenvalue weighted by Crippen LogP contribution is -2.50. The van der Waals surface area contributed by atoms with Crippen LogP contribution in [0.3, 0.4) is 0 Å². The van der Waals surface area contributed by atoms with Crippen LogP contribution in [-0.4, -0.2) is 23.0 Å². The average molecular weight is 634 g/mol. The molecule has 0 saturated carbocycles. The Hall–Kier alpha value is -5.91. The zero-order valence-corrected chi connectivity index (χ0v) is 27.7. The van der Waals surface area contributed by atoms with Crippen molar-refractivity contribution in [2.24, 2.45) is 0 Å². The Morgan fingerprint density at radius 2 is 1.00 bits per heavy atom. The third-order valence-corrected chi connectivity index (χ3v) is 13.0. The molecule has 0 fully saturated rings. The van der Waals surface area contributed by atoms with Crippen LogP contribution in [0.15, 0.2) is 156 Å². The lowest BCUT2D eigenvalue weighted by Gasteiger charge is -2.21. The first-order valence-electron chi connectivity index (χ1n) is 16.3. The fourth-order valence-corrected chi connectivity index (χ4v) is 10.3. The van der Waals surface area contributed by atoms with E-state index in [0.717, 1.165) is 67.3 Å². The van der Waals surface area contributed by atoms with E-state index in [9.17, 15) is 0 Å². The van der Waals surface area contributed by atoms with Crippen molar-refractivity contribution in [2.75, 3.05) is 0 Å². The highest BCUT2D eigenvalue weighted by atomic mass is 28.3. The topological polar surface area (TPSA) is 51.8 Å². The fraction of sp³-hybridized carbons (Fsp3) is 0.0465. The highest BCUT2D eigenvalue weighted by molar-refractivity contribution is 7.04. The smallest absolute Gasteiger partial charge is 0.227 e. The minimum Gasteiger partial charge on any atom is -0.436 e. The Bertz CT molecular complexity index is 2470. The number of hydrogen-bond donors (Lipinski definition) is 0. The van der Waals surface area contributed by atoms with E-state index >= 15 is 0 Å². The number of para-hydroxylation sites is 2. The van der Waals surface area contributed by atoms with Gasteiger partial charge in [0.1, 0.15) is 13.6 Å². The van der Waals surface area contributed by atoms with E-state index in [1.165, 1.54) is 15.9 Å². The normalized spacial score (nSPS) is 13.0. The number of nitrogens with zero attached hydrogens (tertiary/aromatic N) is 3. The number of hydrogen-bond acceptors (Lipinski definition) is 4. The van der Waals surface area contributed by atoms with E-state index in [4.69, 9.17) is 19.4 Å². The van der Waals surface area contributed by atoms with Crippen molar-refractivity contribution in [3.05, 3.63) is 152 Å². The van der Waals surface area contributed by atoms with Gasteiger partial charge in [-0.1, -0.05) is 128 Å². The van der Waals surface area contributed by atoms with Crippen LogP contribution in [0.1, 0.15) is 0 Å². The molecule has 0 bridgehead atoms. The SMILES string of the molecule is C[Si]1(C)c2ccccc2-c2nc(-c3cccc(-c4cccc(-c5cccc(-c6nc7ccccc7o6)c5)c4)c3)nc(-c3ccccc3)c21. The largest absolute Gasteiger partial charge is 0.436 e. The second-order valence-corrected chi connectivity index (χ2v) is 17.2. The molecule has 2 aromatic heterocycles. The van der Waals surface area contributed by atoms with Crippen molar-refractivity contribution in [1.29, 1.82) is 0 Å². The molecule has 0 spiro atoms. The second-order valence-electron chi connectivity index (χ2n) is 12.9. The molecule has 0 saturated heterocycles. The van der Waals surface area contributed by atoms with E-state index < -0.39 is 8.07 Å². The zero-order chi connectivity index (χ0) is 32.2. The van der Waals surface area contributed by atoms with Crippen LogP contribution in [0.5, 0.6) is 0 Å². The Balaban J connectivity index is 1.12. The minimum absolute atomic E-state index is 0.625. The Morgan fingerprint density at radius 1 is 0.458 bits per heavy atom. The molecule has 4 nitrogen and oxygen atoms in total. The summed E-state index contributed by atoms with van der Waals surface area (Å²) in [6, 6.07) is 52.9. The first-order valence-corrected chi connectivity index (χ1v) is 19.3. The van der Waals surface area contributed by atoms with Gasteiger partial charge in [-0.25, -0.2) is 15.0 Å². The van der Waals surface area contributed by atoms with E-state index in [-0.39, 0.29) is 0 Å². The summed E-state index contributed by atoms with van der Waals surface area (Å²) in [5, 5.41) is 2.75. The Labute approximate surface area is 280 Å². The van der Waals surface area contributed by atoms with Crippen LogP contribution in [0, 0.1) is 0 Å². The van der Waals surface area contributed by atoms with Gasteiger partial charge in [-0.15, -0.1) is 0 Å². The number of fused-ring (bicyclic) bond motifs is 4. The molecule has 0 aliphatic carbocycles. The maximum Gasteiger partial charge on any atom is 0.227 e. The predicted molar refractivity (Wildman–Crippen MR) is 199 cm³/mol. The Morgan fingerprint density at radius 3 is 1.73 bits per heavy atom. The third-order valence-electron chi connectivity index (χ3n) is 9.49. The molecule has 228 valence electrons. The second kappa shape index (κ2) is 11.1. The van der Waals surface area contributed by atoms with Crippen molar-refractivity contribution >= 4 is 29.5 Å². The summed E-state index contributed by atoms with van der Waals surface area (Å²) >= 11 is 0. The molecule has 0 atom stereocenters. The number of rotatable bonds is 5. The van der Waals surface area contributed by atoms with Gasteiger partial charge in [-0.05, 0) is 74.6 Å². The molecule has 8 aromatic rings. The van der Waals surface area contributed by atoms with Gasteiger partial charge in [-0.2, -0.15) is 0 Å². The molecule has 1 aliphatic rings. The maximum absolute atomic E-state index is 6.07. The number of aromatic nitrogens is 3. The summed E-state index contributed by atoms with van der Waals surface area (Å²) in [5.41, 5.74) is 12.6. The van der Waals surface area contributed by atoms with Gasteiger partial charge in [0.05, 0.1) is 11.4 Å². The summed E-state index contributed by atoms with van der Waals surface area (Å²) < 4.78 is 6.07. The van der Waals surface area contributed by atoms with Crippen molar-refractivity contribution < 1.29 is 4.42 Å². The van der Waals surface area contributed by atoms with Gasteiger partial charge in [0, 0.05) is 16.7 Å². The van der Waals surface area contributed by atoms with E-state index in [1.54, 1.807) is 0 Å². The molecule has 9 rings (SSSR count). The predicted octanol–water partition coefficient (Wildman–Crippen LogP) is 9.76. The summed E-state index contributed by atoms with van der Waals surface area (Å²) in [5.74, 6) is 1.37. The summed E-state index contributed by atoms with van der Waals surface area (Å²) in [6.07, 6.45) is 0. The molecule has 3 heterocycles. The molecular formula is C43H31N3OSi. The standard InChI is InChI=1S/C43H31N3OSi/c1-48(2)38-24-9-6-21-35(38)40-41(48)39(28-13-4-3-5-14-28)45-42(46-40)33-19-11-17-31(26-33)29-15-10-16-30(25-29)32-18-12-20-34(27-32)43-44-36-22-7-8-23-37(36)47-43/h3-27H,1-2H3. The average Bonchev–Trinajstić information content (AvgIpc) is 3.69. The molecular weight excluding hydrogens is 603 g/mol. The van der Waals surface area contributed by atoms with Crippen molar-refractivity contribution in [3.8, 4) is 67.6 Å². The fourth-order valence-electron chi connectivity index (χ4n) is 7.09. The minimum atomic E-state index is -2.00. The maximum atomic E-state index is 6.07. The van der Waals surface area contributed by atoms with E-state index in [1.807, 2.05) is 30.3 Å². The summed E-state index contributed by atoms with van der Waals surface area (Å²) in [6.45, 7) is 4.84. The van der Waals surface area contributed by atoms with Gasteiger partial charge >= 0.3 is 0 Å². The molecule has 5 heteroatoms. The van der Waals surface area contributed by atoms with Crippen molar-refractivity contribution in [2.45, 2.75) is 13.1 Å². The van der Waals surface area contributed by atoms with Crippen LogP contribution in [0.2, 0.25) is 13.1 Å². The first-order chi connectivity index (χ1) is 23.5. The number of oxazole rings is 1. The molecule has 0 radical (unpaired) electrons. The lowest BCUT2D eigenvalue weighted by molar-refractivity contribution is 0.620. The Kier molecular flexibility index (Phi) is 6.56. The van der Waals surface area contributed by atoms with Gasteiger partial charge in [0.2, 0.25) is 5.89 Å². The molecule has 1 aliphatic heterocycles. The molecule has 6 aromatic carbocycles. The third kappa shape index (κ3) is 4.71. The van der Waals surface area contributed by atoms with Gasteiger partial charge in [-0.3, -0.25) is 0 Å². The highest BCUT2D eigenvalue weighted by Gasteiger charge is 2.41. The molecule has 0 unspecified atom stereocenters. The monoisotopic (exact) mass is 633 g/mol. The van der Waals surface area contributed by atoms with Crippen LogP contribution >= 0.6 is 0 Å². The van der Waals surface area contributed by atoms with Gasteiger partial charge in [0.15, 0.2) is 11.4 Å². The summed E-state index contributed by atoms with van der Waals surface area (Å²) in [7, 11) is -2.00. The van der Waals surface area contributed by atoms with E-state index in [0.29, 0.717) is 5.89 Å². The van der Waals surface area contributed by atoms with Gasteiger partial charge in [0.25, 0.3) is 0 Å². The summed E-state index contributed by atoms with van der Waals surface area (Å²) in [4.78, 5) is 15.3. The molecule has 0 amide bonds. The quantitative estimate of drug-likeness (QED) is 0.177. The van der Waals surface area contributed by atoms with Crippen molar-refractivity contribution in [3.63, 3.8) is 0 Å². The van der Waals surface area contributed by atoms with Crippen LogP contribution in [0.25, 0.3) is 78.7 Å². The van der Waals surface area contributed by atoms with Crippen LogP contribution in [-0.2, 0) is 0 Å². The van der Waals surface area contributed by atoms with Gasteiger partial charge < -0.3 is 4.42 Å².